The second-order valence-electron chi connectivity index (χ2n) is 6.31. The van der Waals surface area contributed by atoms with E-state index >= 15 is 0 Å². The molecule has 3 N–H and O–H groups in total. The largest absolute Gasteiger partial charge is 0.394 e. The van der Waals surface area contributed by atoms with Gasteiger partial charge in [-0.1, -0.05) is 40.2 Å². The van der Waals surface area contributed by atoms with Crippen molar-refractivity contribution in [2.45, 2.75) is 35.7 Å². The van der Waals surface area contributed by atoms with Gasteiger partial charge in [0.25, 0.3) is 0 Å². The number of ether oxygens (including phenoxy) is 1. The van der Waals surface area contributed by atoms with Gasteiger partial charge in [0, 0.05) is 15.3 Å². The van der Waals surface area contributed by atoms with E-state index in [-0.39, 0.29) is 0 Å². The van der Waals surface area contributed by atoms with Gasteiger partial charge in [-0.25, -0.2) is 9.67 Å². The van der Waals surface area contributed by atoms with E-state index in [1.807, 2.05) is 0 Å². The molecule has 13 heteroatoms. The molecule has 0 amide bonds. The highest BCUT2D eigenvalue weighted by molar-refractivity contribution is 7.99. The number of aliphatic hydroxyl groups excluding tert-OH is 3. The molecule has 164 valence electrons. The van der Waals surface area contributed by atoms with Gasteiger partial charge >= 0.3 is 0 Å². The van der Waals surface area contributed by atoms with Crippen LogP contribution in [0.3, 0.4) is 0 Å². The molecule has 4 atom stereocenters. The zero-order chi connectivity index (χ0) is 22.5. The Labute approximate surface area is 195 Å². The van der Waals surface area contributed by atoms with Gasteiger partial charge in [0.2, 0.25) is 0 Å². The van der Waals surface area contributed by atoms with E-state index in [9.17, 15) is 20.6 Å². The lowest BCUT2D eigenvalue weighted by atomic mass is 10.2. The highest BCUT2D eigenvalue weighted by Crippen LogP contribution is 2.35. The first-order chi connectivity index (χ1) is 14.8. The summed E-state index contributed by atoms with van der Waals surface area (Å²) in [5.74, 6) is 0. The number of aliphatic hydroxyl groups is 3. The minimum absolute atomic E-state index is 0.319. The number of aromatic nitrogens is 4. The molecule has 0 aliphatic heterocycles. The van der Waals surface area contributed by atoms with Crippen LogP contribution in [0.4, 0.5) is 0 Å². The fraction of sp³-hybridized carbons (Fsp3) is 0.333. The fourth-order valence-electron chi connectivity index (χ4n) is 2.45. The van der Waals surface area contributed by atoms with E-state index in [2.05, 4.69) is 21.4 Å². The monoisotopic (exact) mass is 501 g/mol. The van der Waals surface area contributed by atoms with Crippen molar-refractivity contribution in [3.63, 3.8) is 0 Å². The van der Waals surface area contributed by atoms with Crippen LogP contribution >= 0.6 is 46.3 Å². The Bertz CT molecular complexity index is 1070. The van der Waals surface area contributed by atoms with Gasteiger partial charge in [0.15, 0.2) is 11.7 Å². The van der Waals surface area contributed by atoms with Crippen LogP contribution in [0.15, 0.2) is 34.7 Å². The topological polar surface area (TPSA) is 137 Å². The summed E-state index contributed by atoms with van der Waals surface area (Å²) < 4.78 is 6.94. The number of rotatable bonds is 9. The first-order valence-corrected chi connectivity index (χ1v) is 11.4. The van der Waals surface area contributed by atoms with Crippen molar-refractivity contribution in [2.24, 2.45) is 0 Å². The molecule has 0 aliphatic rings. The standard InChI is InChI=1S/C18H17Cl2N5O4S2/c1-9(27)13(7-26)29-18(31-14-4-11(19)3-2-10(14)5-21)17(28)25-6-12(23-24-25)16-22-15(20)8-30-16/h2-4,6,8-9,13,17-18,26-28H,7H2,1H3/t9-,13?,17-,18?/m1/s1. The lowest BCUT2D eigenvalue weighted by Gasteiger charge is -2.28. The molecule has 9 nitrogen and oxygen atoms in total. The van der Waals surface area contributed by atoms with E-state index in [1.165, 1.54) is 24.5 Å². The van der Waals surface area contributed by atoms with E-state index in [0.717, 1.165) is 16.4 Å². The minimum Gasteiger partial charge on any atom is -0.394 e. The highest BCUT2D eigenvalue weighted by Gasteiger charge is 2.30. The van der Waals surface area contributed by atoms with Crippen LogP contribution in [-0.2, 0) is 4.74 Å². The molecule has 0 spiro atoms. The molecule has 2 unspecified atom stereocenters. The summed E-state index contributed by atoms with van der Waals surface area (Å²) in [4.78, 5) is 4.57. The molecule has 1 aromatic carbocycles. The predicted octanol–water partition coefficient (Wildman–Crippen LogP) is 2.95. The van der Waals surface area contributed by atoms with Crippen molar-refractivity contribution in [3.8, 4) is 16.8 Å². The summed E-state index contributed by atoms with van der Waals surface area (Å²) in [6, 6.07) is 6.74. The zero-order valence-corrected chi connectivity index (χ0v) is 19.1. The molecule has 0 fully saturated rings. The summed E-state index contributed by atoms with van der Waals surface area (Å²) in [6.45, 7) is 0.969. The van der Waals surface area contributed by atoms with E-state index in [1.54, 1.807) is 23.6 Å². The van der Waals surface area contributed by atoms with Crippen LogP contribution in [0.2, 0.25) is 10.2 Å². The second-order valence-corrected chi connectivity index (χ2v) is 9.13. The van der Waals surface area contributed by atoms with Crippen molar-refractivity contribution >= 4 is 46.3 Å². The number of thiazole rings is 1. The summed E-state index contributed by atoms with van der Waals surface area (Å²) in [5, 5.41) is 50.6. The van der Waals surface area contributed by atoms with Gasteiger partial charge in [0.1, 0.15) is 28.0 Å². The molecule has 3 aromatic rings. The number of halogens is 2. The quantitative estimate of drug-likeness (QED) is 0.298. The normalized spacial score (nSPS) is 15.3. The maximum absolute atomic E-state index is 11.0. The molecule has 31 heavy (non-hydrogen) atoms. The number of nitrogens with zero attached hydrogens (tertiary/aromatic N) is 5. The zero-order valence-electron chi connectivity index (χ0n) is 16.0. The van der Waals surface area contributed by atoms with Crippen LogP contribution < -0.4 is 0 Å². The van der Waals surface area contributed by atoms with Gasteiger partial charge in [0.05, 0.1) is 24.5 Å². The molecule has 2 aromatic heterocycles. The summed E-state index contributed by atoms with van der Waals surface area (Å²) in [5.41, 5.74) is -0.356. The average Bonchev–Trinajstić information content (AvgIpc) is 3.39. The molecule has 0 radical (unpaired) electrons. The van der Waals surface area contributed by atoms with E-state index < -0.39 is 30.5 Å². The van der Waals surface area contributed by atoms with Gasteiger partial charge < -0.3 is 20.1 Å². The van der Waals surface area contributed by atoms with Crippen LogP contribution in [-0.4, -0.2) is 59.5 Å². The van der Waals surface area contributed by atoms with E-state index in [4.69, 9.17) is 27.9 Å². The van der Waals surface area contributed by atoms with Crippen LogP contribution in [0, 0.1) is 11.3 Å². The predicted molar refractivity (Wildman–Crippen MR) is 117 cm³/mol. The van der Waals surface area contributed by atoms with Gasteiger partial charge in [-0.15, -0.1) is 16.4 Å². The van der Waals surface area contributed by atoms with Crippen molar-refractivity contribution < 1.29 is 20.1 Å². The van der Waals surface area contributed by atoms with Crippen LogP contribution in [0.1, 0.15) is 18.7 Å². The molecule has 0 saturated carbocycles. The number of hydrogen-bond donors (Lipinski definition) is 3. The Morgan fingerprint density at radius 2 is 2.13 bits per heavy atom. The molecule has 0 saturated heterocycles. The number of benzene rings is 1. The Morgan fingerprint density at radius 3 is 2.74 bits per heavy atom. The summed E-state index contributed by atoms with van der Waals surface area (Å²) in [7, 11) is 0. The SMILES string of the molecule is C[C@@H](O)C(CO)OC(Sc1cc(Cl)ccc1C#N)[C@@H](O)n1cc(-c2nc(Cl)cs2)nn1. The molecule has 0 bridgehead atoms. The van der Waals surface area contributed by atoms with Crippen molar-refractivity contribution in [3.05, 3.63) is 45.5 Å². The minimum atomic E-state index is -1.39. The number of hydrogen-bond acceptors (Lipinski definition) is 10. The number of nitriles is 1. The average molecular weight is 502 g/mol. The van der Waals surface area contributed by atoms with Gasteiger partial charge in [-0.05, 0) is 25.1 Å². The third-order valence-corrected chi connectivity index (χ3v) is 6.66. The van der Waals surface area contributed by atoms with Crippen LogP contribution in [0.5, 0.6) is 0 Å². The lowest BCUT2D eigenvalue weighted by molar-refractivity contribution is -0.113. The fourth-order valence-corrected chi connectivity index (χ4v) is 4.71. The molecule has 3 rings (SSSR count). The first-order valence-electron chi connectivity index (χ1n) is 8.84. The van der Waals surface area contributed by atoms with Crippen LogP contribution in [0.25, 0.3) is 10.7 Å². The molecule has 0 aliphatic carbocycles. The summed E-state index contributed by atoms with van der Waals surface area (Å²) >= 11 is 14.2. The third-order valence-electron chi connectivity index (χ3n) is 4.05. The molecular weight excluding hydrogens is 485 g/mol. The summed E-state index contributed by atoms with van der Waals surface area (Å²) in [6.07, 6.45) is -1.92. The Balaban J connectivity index is 1.91. The lowest BCUT2D eigenvalue weighted by Crippen LogP contribution is -2.36. The molecular formula is C18H17Cl2N5O4S2. The second kappa shape index (κ2) is 10.7. The number of thioether (sulfide) groups is 1. The highest BCUT2D eigenvalue weighted by atomic mass is 35.5. The Hall–Kier alpha value is -1.75. The Morgan fingerprint density at radius 1 is 1.35 bits per heavy atom. The van der Waals surface area contributed by atoms with Gasteiger partial charge in [-0.3, -0.25) is 0 Å². The third kappa shape index (κ3) is 5.94. The smallest absolute Gasteiger partial charge is 0.184 e. The van der Waals surface area contributed by atoms with Gasteiger partial charge in [-0.2, -0.15) is 5.26 Å². The van der Waals surface area contributed by atoms with Crippen molar-refractivity contribution in [2.75, 3.05) is 6.61 Å². The van der Waals surface area contributed by atoms with E-state index in [0.29, 0.717) is 31.3 Å². The molecule has 2 heterocycles. The first kappa shape index (κ1) is 23.9. The van der Waals surface area contributed by atoms with Crippen molar-refractivity contribution in [1.82, 2.24) is 20.0 Å². The maximum atomic E-state index is 11.0. The Kier molecular flexibility index (Phi) is 8.26. The van der Waals surface area contributed by atoms with Crippen molar-refractivity contribution in [1.29, 1.82) is 5.26 Å². The maximum Gasteiger partial charge on any atom is 0.184 e.